The molecule has 2 aliphatic carbocycles. The maximum Gasteiger partial charge on any atom is 0.0627 e. The predicted octanol–water partition coefficient (Wildman–Crippen LogP) is 2.44. The van der Waals surface area contributed by atoms with Crippen molar-refractivity contribution in [2.45, 2.75) is 46.6 Å². The Morgan fingerprint density at radius 2 is 1.83 bits per heavy atom. The monoisotopic (exact) mass is 168 g/mol. The van der Waals surface area contributed by atoms with Gasteiger partial charge in [-0.2, -0.15) is 0 Å². The van der Waals surface area contributed by atoms with Crippen LogP contribution < -0.4 is 0 Å². The van der Waals surface area contributed by atoms with E-state index in [1.54, 1.807) is 0 Å². The van der Waals surface area contributed by atoms with Crippen LogP contribution in [-0.4, -0.2) is 11.2 Å². The Balaban J connectivity index is 2.44. The fourth-order valence-electron chi connectivity index (χ4n) is 3.81. The minimum Gasteiger partial charge on any atom is -0.392 e. The van der Waals surface area contributed by atoms with Gasteiger partial charge in [0.25, 0.3) is 0 Å². The molecule has 0 spiro atoms. The molecule has 2 saturated carbocycles. The van der Waals surface area contributed by atoms with Gasteiger partial charge in [-0.25, -0.2) is 0 Å². The van der Waals surface area contributed by atoms with Crippen LogP contribution in [0.2, 0.25) is 0 Å². The van der Waals surface area contributed by atoms with E-state index < -0.39 is 0 Å². The number of hydrogen-bond acceptors (Lipinski definition) is 1. The van der Waals surface area contributed by atoms with Gasteiger partial charge in [-0.1, -0.05) is 27.7 Å². The zero-order chi connectivity index (χ0) is 9.15. The zero-order valence-corrected chi connectivity index (χ0v) is 8.59. The van der Waals surface area contributed by atoms with E-state index in [2.05, 4.69) is 27.7 Å². The summed E-state index contributed by atoms with van der Waals surface area (Å²) in [6.45, 7) is 9.14. The number of hydrogen-bond donors (Lipinski definition) is 1. The summed E-state index contributed by atoms with van der Waals surface area (Å²) in [7, 11) is 0. The fourth-order valence-corrected chi connectivity index (χ4v) is 3.81. The first kappa shape index (κ1) is 8.55. The molecule has 0 radical (unpaired) electrons. The van der Waals surface area contributed by atoms with Crippen LogP contribution >= 0.6 is 0 Å². The van der Waals surface area contributed by atoms with E-state index in [0.717, 1.165) is 5.92 Å². The molecule has 0 aromatic heterocycles. The molecule has 2 rings (SSSR count). The maximum atomic E-state index is 10.1. The minimum atomic E-state index is -0.0637. The van der Waals surface area contributed by atoms with Gasteiger partial charge >= 0.3 is 0 Å². The lowest BCUT2D eigenvalue weighted by Crippen LogP contribution is -2.36. The molecular weight excluding hydrogens is 148 g/mol. The van der Waals surface area contributed by atoms with E-state index in [9.17, 15) is 5.11 Å². The van der Waals surface area contributed by atoms with Crippen LogP contribution in [-0.2, 0) is 0 Å². The Labute approximate surface area is 75.2 Å². The Kier molecular flexibility index (Phi) is 1.47. The van der Waals surface area contributed by atoms with Crippen molar-refractivity contribution < 1.29 is 5.11 Å². The van der Waals surface area contributed by atoms with Gasteiger partial charge in [0.15, 0.2) is 0 Å². The summed E-state index contributed by atoms with van der Waals surface area (Å²) in [5.74, 6) is 1.26. The molecule has 4 atom stereocenters. The molecule has 0 amide bonds. The van der Waals surface area contributed by atoms with Gasteiger partial charge < -0.3 is 5.11 Å². The van der Waals surface area contributed by atoms with Crippen molar-refractivity contribution in [1.29, 1.82) is 0 Å². The molecule has 0 heterocycles. The van der Waals surface area contributed by atoms with Crippen molar-refractivity contribution in [3.8, 4) is 0 Å². The Hall–Kier alpha value is -0.0400. The predicted molar refractivity (Wildman–Crippen MR) is 49.8 cm³/mol. The lowest BCUT2D eigenvalue weighted by Gasteiger charge is -2.37. The maximum absolute atomic E-state index is 10.1. The van der Waals surface area contributed by atoms with Crippen LogP contribution in [0.25, 0.3) is 0 Å². The molecule has 0 saturated heterocycles. The van der Waals surface area contributed by atoms with Gasteiger partial charge in [0.2, 0.25) is 0 Å². The number of rotatable bonds is 0. The third kappa shape index (κ3) is 0.654. The van der Waals surface area contributed by atoms with Gasteiger partial charge in [-0.3, -0.25) is 0 Å². The van der Waals surface area contributed by atoms with Crippen molar-refractivity contribution in [2.24, 2.45) is 22.7 Å². The highest BCUT2D eigenvalue weighted by atomic mass is 16.3. The van der Waals surface area contributed by atoms with Crippen molar-refractivity contribution >= 4 is 0 Å². The van der Waals surface area contributed by atoms with E-state index >= 15 is 0 Å². The van der Waals surface area contributed by atoms with Gasteiger partial charge in [-0.15, -0.1) is 0 Å². The summed E-state index contributed by atoms with van der Waals surface area (Å²) in [4.78, 5) is 0. The first-order valence-corrected chi connectivity index (χ1v) is 5.09. The zero-order valence-electron chi connectivity index (χ0n) is 8.59. The second-order valence-corrected chi connectivity index (χ2v) is 5.59. The van der Waals surface area contributed by atoms with Crippen LogP contribution in [0.3, 0.4) is 0 Å². The molecule has 1 nitrogen and oxygen atoms in total. The van der Waals surface area contributed by atoms with Crippen molar-refractivity contribution in [2.75, 3.05) is 0 Å². The minimum absolute atomic E-state index is 0.0637. The van der Waals surface area contributed by atoms with Crippen molar-refractivity contribution in [3.05, 3.63) is 0 Å². The normalized spacial score (nSPS) is 56.2. The van der Waals surface area contributed by atoms with Crippen LogP contribution in [0, 0.1) is 22.7 Å². The molecule has 1 N–H and O–H groups in total. The van der Waals surface area contributed by atoms with E-state index in [4.69, 9.17) is 0 Å². The summed E-state index contributed by atoms with van der Waals surface area (Å²) in [6.07, 6.45) is 2.48. The van der Waals surface area contributed by atoms with E-state index in [1.807, 2.05) is 0 Å². The lowest BCUT2D eigenvalue weighted by atomic mass is 9.70. The smallest absolute Gasteiger partial charge is 0.0627 e. The van der Waals surface area contributed by atoms with Crippen LogP contribution in [0.4, 0.5) is 0 Å². The second kappa shape index (κ2) is 2.06. The van der Waals surface area contributed by atoms with E-state index in [-0.39, 0.29) is 11.5 Å². The SMILES string of the molecule is CC1C2CCC(C)(C1O)C2(C)C. The molecule has 12 heavy (non-hydrogen) atoms. The van der Waals surface area contributed by atoms with Crippen LogP contribution in [0.1, 0.15) is 40.5 Å². The summed E-state index contributed by atoms with van der Waals surface area (Å²) < 4.78 is 0. The fraction of sp³-hybridized carbons (Fsp3) is 1.00. The number of aliphatic hydroxyl groups excluding tert-OH is 1. The molecule has 2 fully saturated rings. The van der Waals surface area contributed by atoms with Gasteiger partial charge in [-0.05, 0) is 35.5 Å². The molecular formula is C11H20O. The van der Waals surface area contributed by atoms with E-state index in [1.165, 1.54) is 12.8 Å². The number of fused-ring (bicyclic) bond motifs is 2. The molecule has 2 bridgehead atoms. The highest BCUT2D eigenvalue weighted by molar-refractivity contribution is 5.13. The Morgan fingerprint density at radius 3 is 2.08 bits per heavy atom. The summed E-state index contributed by atoms with van der Waals surface area (Å²) >= 11 is 0. The van der Waals surface area contributed by atoms with Gasteiger partial charge in [0.05, 0.1) is 6.10 Å². The quantitative estimate of drug-likeness (QED) is 0.589. The molecule has 0 aromatic carbocycles. The molecule has 0 aromatic rings. The highest BCUT2D eigenvalue weighted by Gasteiger charge is 2.64. The highest BCUT2D eigenvalue weighted by Crippen LogP contribution is 2.67. The topological polar surface area (TPSA) is 20.2 Å². The second-order valence-electron chi connectivity index (χ2n) is 5.59. The van der Waals surface area contributed by atoms with Crippen molar-refractivity contribution in [1.82, 2.24) is 0 Å². The third-order valence-electron chi connectivity index (χ3n) is 5.16. The average molecular weight is 168 g/mol. The molecule has 4 unspecified atom stereocenters. The molecule has 2 aliphatic rings. The largest absolute Gasteiger partial charge is 0.392 e. The third-order valence-corrected chi connectivity index (χ3v) is 5.16. The van der Waals surface area contributed by atoms with Gasteiger partial charge in [0.1, 0.15) is 0 Å². The number of aliphatic hydroxyl groups is 1. The molecule has 70 valence electrons. The summed E-state index contributed by atoms with van der Waals surface area (Å²) in [6, 6.07) is 0. The first-order valence-electron chi connectivity index (χ1n) is 5.09. The molecule has 1 heteroatoms. The van der Waals surface area contributed by atoms with Crippen LogP contribution in [0.5, 0.6) is 0 Å². The van der Waals surface area contributed by atoms with Crippen molar-refractivity contribution in [3.63, 3.8) is 0 Å². The average Bonchev–Trinajstić information content (AvgIpc) is 2.26. The first-order chi connectivity index (χ1) is 5.41. The Morgan fingerprint density at radius 1 is 1.25 bits per heavy atom. The Bertz CT molecular complexity index is 209. The van der Waals surface area contributed by atoms with Crippen LogP contribution in [0.15, 0.2) is 0 Å². The lowest BCUT2D eigenvalue weighted by molar-refractivity contribution is -0.00626. The summed E-state index contributed by atoms with van der Waals surface area (Å²) in [5, 5.41) is 10.1. The molecule has 0 aliphatic heterocycles. The summed E-state index contributed by atoms with van der Waals surface area (Å²) in [5.41, 5.74) is 0.545. The van der Waals surface area contributed by atoms with E-state index in [0.29, 0.717) is 11.3 Å². The van der Waals surface area contributed by atoms with Gasteiger partial charge in [0, 0.05) is 0 Å². The standard InChI is InChI=1S/C11H20O/c1-7-8-5-6-11(4,9(7)12)10(8,2)3/h7-9,12H,5-6H2,1-4H3.